The summed E-state index contributed by atoms with van der Waals surface area (Å²) >= 11 is 0. The summed E-state index contributed by atoms with van der Waals surface area (Å²) in [6, 6.07) is 11.7. The molecular formula is C31H39F3N7O4P. The van der Waals surface area contributed by atoms with E-state index in [1.165, 1.54) is 13.1 Å². The Balaban J connectivity index is 1.63. The second-order valence-electron chi connectivity index (χ2n) is 10.7. The summed E-state index contributed by atoms with van der Waals surface area (Å²) in [5, 5.41) is 12.5. The van der Waals surface area contributed by atoms with E-state index in [4.69, 9.17) is 9.05 Å². The average molecular weight is 662 g/mol. The Morgan fingerprint density at radius 1 is 1.00 bits per heavy atom. The van der Waals surface area contributed by atoms with Gasteiger partial charge in [0, 0.05) is 25.4 Å². The molecule has 1 amide bonds. The Labute approximate surface area is 265 Å². The van der Waals surface area contributed by atoms with Crippen molar-refractivity contribution in [2.24, 2.45) is 0 Å². The van der Waals surface area contributed by atoms with Crippen LogP contribution in [0.5, 0.6) is 0 Å². The van der Waals surface area contributed by atoms with Crippen molar-refractivity contribution >= 4 is 36.3 Å². The zero-order valence-electron chi connectivity index (χ0n) is 26.4. The first-order chi connectivity index (χ1) is 21.8. The van der Waals surface area contributed by atoms with Crippen molar-refractivity contribution in [3.8, 4) is 11.1 Å². The standard InChI is InChI=1S/C31H39F3N7O4P/c1-6-15-41-19-23(17-37-41)22-11-14-27(25(16-22)29(42)35-4)39-28-26(31(32,33)34)18-36-30(40-28)38-24-12-9-21(10-13-24)20-46(5,43,44-7-2)45-8-3/h9-14,16-19,43H,6-8,15,20H2,1-5H3,(H,35,42)(H2,36,38,39,40). The Morgan fingerprint density at radius 2 is 1.70 bits per heavy atom. The van der Waals surface area contributed by atoms with E-state index in [2.05, 4.69) is 31.0 Å². The SMILES string of the molecule is CCCn1cc(-c2ccc(Nc3nc(Nc4ccc(CP(C)(O)(OCC)OCC)cc4)ncc3C(F)(F)F)c(C(=O)NC)c2)cn1. The van der Waals surface area contributed by atoms with Crippen LogP contribution in [0.1, 0.15) is 48.7 Å². The summed E-state index contributed by atoms with van der Waals surface area (Å²) in [5.74, 6) is -1.14. The molecule has 0 aliphatic heterocycles. The van der Waals surface area contributed by atoms with Gasteiger partial charge in [0.1, 0.15) is 0 Å². The molecule has 2 aromatic heterocycles. The van der Waals surface area contributed by atoms with E-state index in [0.717, 1.165) is 24.1 Å². The molecule has 4 aromatic rings. The molecular weight excluding hydrogens is 622 g/mol. The molecule has 4 rings (SSSR count). The third-order valence-corrected chi connectivity index (χ3v) is 9.85. The van der Waals surface area contributed by atoms with E-state index in [0.29, 0.717) is 17.4 Å². The Hall–Kier alpha value is -4.10. The molecule has 0 fully saturated rings. The summed E-state index contributed by atoms with van der Waals surface area (Å²) in [6.45, 7) is 8.46. The van der Waals surface area contributed by atoms with Crippen LogP contribution in [-0.2, 0) is 27.9 Å². The third kappa shape index (κ3) is 8.58. The van der Waals surface area contributed by atoms with Crippen LogP contribution < -0.4 is 16.0 Å². The quantitative estimate of drug-likeness (QED) is 0.104. The Morgan fingerprint density at radius 3 is 2.30 bits per heavy atom. The number of nitrogens with one attached hydrogen (secondary N) is 3. The second-order valence-corrected chi connectivity index (χ2v) is 14.6. The van der Waals surface area contributed by atoms with Crippen LogP contribution in [0.4, 0.5) is 36.3 Å². The number of aryl methyl sites for hydroxylation is 1. The molecule has 0 spiro atoms. The van der Waals surface area contributed by atoms with Crippen LogP contribution in [0, 0.1) is 0 Å². The number of rotatable bonds is 14. The van der Waals surface area contributed by atoms with Gasteiger partial charge >= 0.3 is 177 Å². The number of carbonyl (C=O) groups excluding carboxylic acids is 1. The molecule has 0 aliphatic rings. The number of carbonyl (C=O) groups is 1. The average Bonchev–Trinajstić information content (AvgIpc) is 3.46. The van der Waals surface area contributed by atoms with Crippen LogP contribution in [-0.4, -0.2) is 57.5 Å². The van der Waals surface area contributed by atoms with Crippen molar-refractivity contribution in [1.82, 2.24) is 25.1 Å². The number of nitrogens with zero attached hydrogens (tertiary/aromatic N) is 4. The van der Waals surface area contributed by atoms with Gasteiger partial charge in [0.05, 0.1) is 6.20 Å². The van der Waals surface area contributed by atoms with E-state index in [1.807, 2.05) is 13.1 Å². The van der Waals surface area contributed by atoms with Gasteiger partial charge < -0.3 is 5.32 Å². The molecule has 0 saturated heterocycles. The molecule has 248 valence electrons. The maximum absolute atomic E-state index is 14.0. The van der Waals surface area contributed by atoms with Crippen molar-refractivity contribution in [2.45, 2.75) is 46.1 Å². The van der Waals surface area contributed by atoms with Crippen LogP contribution in [0.15, 0.2) is 61.1 Å². The topological polar surface area (TPSA) is 135 Å². The number of anilines is 4. The fourth-order valence-electron chi connectivity index (χ4n) is 4.92. The number of aromatic nitrogens is 4. The maximum atomic E-state index is 14.0. The third-order valence-electron chi connectivity index (χ3n) is 6.93. The van der Waals surface area contributed by atoms with Crippen LogP contribution >= 0.6 is 7.28 Å². The minimum Gasteiger partial charge on any atom is -0.355 e. The van der Waals surface area contributed by atoms with Gasteiger partial charge in [-0.2, -0.15) is 5.10 Å². The van der Waals surface area contributed by atoms with E-state index in [9.17, 15) is 22.9 Å². The van der Waals surface area contributed by atoms with Gasteiger partial charge in [-0.15, -0.1) is 0 Å². The number of halogens is 3. The van der Waals surface area contributed by atoms with E-state index in [-0.39, 0.29) is 36.6 Å². The molecule has 0 bridgehead atoms. The number of amides is 1. The molecule has 0 aliphatic carbocycles. The normalized spacial score (nSPS) is 12.8. The fourth-order valence-corrected chi connectivity index (χ4v) is 7.54. The predicted molar refractivity (Wildman–Crippen MR) is 173 cm³/mol. The zero-order chi connectivity index (χ0) is 33.6. The summed E-state index contributed by atoms with van der Waals surface area (Å²) < 4.78 is 55.2. The van der Waals surface area contributed by atoms with Crippen LogP contribution in [0.25, 0.3) is 11.1 Å². The minimum atomic E-state index is -4.78. The molecule has 0 atom stereocenters. The van der Waals surface area contributed by atoms with E-state index < -0.39 is 30.7 Å². The first kappa shape index (κ1) is 34.8. The van der Waals surface area contributed by atoms with Crippen molar-refractivity contribution in [3.63, 3.8) is 0 Å². The van der Waals surface area contributed by atoms with Crippen molar-refractivity contribution < 1.29 is 31.9 Å². The molecule has 11 nitrogen and oxygen atoms in total. The molecule has 46 heavy (non-hydrogen) atoms. The molecule has 0 unspecified atom stereocenters. The van der Waals surface area contributed by atoms with Crippen LogP contribution in [0.3, 0.4) is 0 Å². The second kappa shape index (κ2) is 14.1. The van der Waals surface area contributed by atoms with Crippen molar-refractivity contribution in [1.29, 1.82) is 0 Å². The Kier molecular flexibility index (Phi) is 10.7. The molecule has 0 saturated carbocycles. The van der Waals surface area contributed by atoms with E-state index >= 15 is 0 Å². The van der Waals surface area contributed by atoms with Crippen LogP contribution in [0.2, 0.25) is 0 Å². The number of benzene rings is 2. The van der Waals surface area contributed by atoms with Gasteiger partial charge in [-0.25, -0.2) is 0 Å². The summed E-state index contributed by atoms with van der Waals surface area (Å²) in [4.78, 5) is 32.0. The molecule has 2 heterocycles. The number of alkyl halides is 3. The summed E-state index contributed by atoms with van der Waals surface area (Å²) in [5.41, 5.74) is 1.81. The van der Waals surface area contributed by atoms with Gasteiger partial charge in [-0.05, 0) is 18.1 Å². The van der Waals surface area contributed by atoms with Crippen molar-refractivity contribution in [3.05, 3.63) is 77.7 Å². The summed E-state index contributed by atoms with van der Waals surface area (Å²) in [6.07, 6.45) is 0.467. The Bertz CT molecular complexity index is 1650. The zero-order valence-corrected chi connectivity index (χ0v) is 27.2. The first-order valence-corrected chi connectivity index (χ1v) is 17.4. The molecule has 15 heteroatoms. The molecule has 0 radical (unpaired) electrons. The summed E-state index contributed by atoms with van der Waals surface area (Å²) in [7, 11) is -2.43. The monoisotopic (exact) mass is 661 g/mol. The number of hydrogen-bond acceptors (Lipinski definition) is 9. The molecule has 2 aromatic carbocycles. The molecule has 4 N–H and O–H groups in total. The predicted octanol–water partition coefficient (Wildman–Crippen LogP) is 7.11. The van der Waals surface area contributed by atoms with E-state index in [1.54, 1.807) is 67.8 Å². The van der Waals surface area contributed by atoms with Crippen molar-refractivity contribution in [2.75, 3.05) is 37.6 Å². The fraction of sp³-hybridized carbons (Fsp3) is 0.355. The van der Waals surface area contributed by atoms with Gasteiger partial charge in [-0.3, -0.25) is 9.48 Å². The minimum absolute atomic E-state index is 0.106. The van der Waals surface area contributed by atoms with Gasteiger partial charge in [0.25, 0.3) is 5.91 Å². The van der Waals surface area contributed by atoms with Gasteiger partial charge in [0.15, 0.2) is 0 Å². The van der Waals surface area contributed by atoms with Gasteiger partial charge in [0.2, 0.25) is 0 Å². The first-order valence-electron chi connectivity index (χ1n) is 14.8. The smallest absolute Gasteiger partial charge is 0.355 e. The number of hydrogen-bond donors (Lipinski definition) is 4. The van der Waals surface area contributed by atoms with Gasteiger partial charge in [-0.1, -0.05) is 13.0 Å².